The van der Waals surface area contributed by atoms with Gasteiger partial charge in [0.25, 0.3) is 10.1 Å². The summed E-state index contributed by atoms with van der Waals surface area (Å²) in [6.45, 7) is 3.49. The van der Waals surface area contributed by atoms with Crippen molar-refractivity contribution in [2.45, 2.75) is 18.2 Å². The van der Waals surface area contributed by atoms with E-state index in [2.05, 4.69) is 40.2 Å². The summed E-state index contributed by atoms with van der Waals surface area (Å²) < 4.78 is 30.3. The van der Waals surface area contributed by atoms with E-state index >= 15 is 0 Å². The SMILES string of the molecule is Cc1ccc(S(=O)(=O)OCC2CCN(c3nccc(-c4ccc5ccccc5c4)n3)C2)cc1. The molecule has 0 radical (unpaired) electrons. The summed E-state index contributed by atoms with van der Waals surface area (Å²) in [6.07, 6.45) is 2.60. The molecule has 1 aliphatic heterocycles. The molecular weight excluding hydrogens is 434 g/mol. The molecule has 4 aromatic rings. The van der Waals surface area contributed by atoms with Crippen molar-refractivity contribution >= 4 is 26.8 Å². The Hall–Kier alpha value is -3.29. The van der Waals surface area contributed by atoms with E-state index in [1.807, 2.05) is 25.1 Å². The lowest BCUT2D eigenvalue weighted by molar-refractivity contribution is 0.265. The second-order valence-corrected chi connectivity index (χ2v) is 10.1. The Morgan fingerprint density at radius 2 is 1.79 bits per heavy atom. The Kier molecular flexibility index (Phi) is 5.83. The van der Waals surface area contributed by atoms with Crippen molar-refractivity contribution in [2.75, 3.05) is 24.6 Å². The molecule has 1 unspecified atom stereocenters. The molecule has 1 atom stereocenters. The van der Waals surface area contributed by atoms with Crippen molar-refractivity contribution in [1.29, 1.82) is 0 Å². The van der Waals surface area contributed by atoms with Gasteiger partial charge in [-0.25, -0.2) is 9.97 Å². The molecule has 2 heterocycles. The van der Waals surface area contributed by atoms with Crippen molar-refractivity contribution in [1.82, 2.24) is 9.97 Å². The highest BCUT2D eigenvalue weighted by Crippen LogP contribution is 2.27. The molecule has 1 aromatic heterocycles. The first kappa shape index (κ1) is 21.6. The smallest absolute Gasteiger partial charge is 0.296 e. The van der Waals surface area contributed by atoms with Crippen LogP contribution < -0.4 is 4.90 Å². The fourth-order valence-electron chi connectivity index (χ4n) is 4.12. The average Bonchev–Trinajstić information content (AvgIpc) is 3.32. The number of aromatic nitrogens is 2. The first-order valence-electron chi connectivity index (χ1n) is 11.0. The summed E-state index contributed by atoms with van der Waals surface area (Å²) in [5.41, 5.74) is 2.92. The molecule has 6 nitrogen and oxygen atoms in total. The predicted octanol–water partition coefficient (Wildman–Crippen LogP) is 4.84. The number of rotatable bonds is 6. The van der Waals surface area contributed by atoms with Crippen molar-refractivity contribution in [2.24, 2.45) is 5.92 Å². The summed E-state index contributed by atoms with van der Waals surface area (Å²) in [4.78, 5) is 11.5. The fraction of sp³-hybridized carbons (Fsp3) is 0.231. The van der Waals surface area contributed by atoms with Crippen LogP contribution in [-0.4, -0.2) is 38.1 Å². The van der Waals surface area contributed by atoms with Gasteiger partial charge in [-0.15, -0.1) is 0 Å². The topological polar surface area (TPSA) is 72.4 Å². The molecule has 33 heavy (non-hydrogen) atoms. The Bertz CT molecular complexity index is 1390. The van der Waals surface area contributed by atoms with Crippen LogP contribution in [0.2, 0.25) is 0 Å². The van der Waals surface area contributed by atoms with Crippen LogP contribution in [0, 0.1) is 12.8 Å². The van der Waals surface area contributed by atoms with Gasteiger partial charge in [-0.05, 0) is 48.4 Å². The molecule has 0 aliphatic carbocycles. The highest BCUT2D eigenvalue weighted by Gasteiger charge is 2.27. The Balaban J connectivity index is 1.26. The summed E-state index contributed by atoms with van der Waals surface area (Å²) in [6, 6.07) is 23.2. The predicted molar refractivity (Wildman–Crippen MR) is 130 cm³/mol. The quantitative estimate of drug-likeness (QED) is 0.384. The van der Waals surface area contributed by atoms with E-state index in [-0.39, 0.29) is 17.4 Å². The zero-order valence-electron chi connectivity index (χ0n) is 18.4. The zero-order chi connectivity index (χ0) is 22.8. The summed E-state index contributed by atoms with van der Waals surface area (Å²) >= 11 is 0. The number of benzene rings is 3. The molecule has 0 spiro atoms. The van der Waals surface area contributed by atoms with E-state index in [1.54, 1.807) is 30.5 Å². The first-order chi connectivity index (χ1) is 16.0. The number of hydrogen-bond donors (Lipinski definition) is 0. The number of nitrogens with zero attached hydrogens (tertiary/aromatic N) is 3. The van der Waals surface area contributed by atoms with Crippen LogP contribution >= 0.6 is 0 Å². The van der Waals surface area contributed by atoms with E-state index < -0.39 is 10.1 Å². The van der Waals surface area contributed by atoms with Gasteiger partial charge < -0.3 is 4.90 Å². The minimum Gasteiger partial charge on any atom is -0.340 e. The van der Waals surface area contributed by atoms with Gasteiger partial charge in [-0.2, -0.15) is 8.42 Å². The molecule has 7 heteroatoms. The van der Waals surface area contributed by atoms with E-state index in [1.165, 1.54) is 10.8 Å². The van der Waals surface area contributed by atoms with Gasteiger partial charge >= 0.3 is 0 Å². The molecule has 0 N–H and O–H groups in total. The van der Waals surface area contributed by atoms with Crippen LogP contribution in [-0.2, 0) is 14.3 Å². The summed E-state index contributed by atoms with van der Waals surface area (Å²) in [5.74, 6) is 0.752. The van der Waals surface area contributed by atoms with Gasteiger partial charge in [-0.1, -0.05) is 54.1 Å². The van der Waals surface area contributed by atoms with Crippen molar-refractivity contribution < 1.29 is 12.6 Å². The van der Waals surface area contributed by atoms with E-state index in [0.29, 0.717) is 12.5 Å². The lowest BCUT2D eigenvalue weighted by Gasteiger charge is -2.17. The number of aryl methyl sites for hydroxylation is 1. The summed E-state index contributed by atoms with van der Waals surface area (Å²) in [7, 11) is -3.76. The van der Waals surface area contributed by atoms with Crippen molar-refractivity contribution in [3.8, 4) is 11.3 Å². The van der Waals surface area contributed by atoms with Crippen molar-refractivity contribution in [3.63, 3.8) is 0 Å². The molecule has 3 aromatic carbocycles. The molecule has 1 aliphatic rings. The van der Waals surface area contributed by atoms with E-state index in [9.17, 15) is 8.42 Å². The van der Waals surface area contributed by atoms with Crippen LogP contribution in [0.3, 0.4) is 0 Å². The van der Waals surface area contributed by atoms with Gasteiger partial charge in [0.1, 0.15) is 0 Å². The van der Waals surface area contributed by atoms with Gasteiger partial charge in [0, 0.05) is 30.8 Å². The molecule has 168 valence electrons. The number of hydrogen-bond acceptors (Lipinski definition) is 6. The van der Waals surface area contributed by atoms with Crippen LogP contribution in [0.1, 0.15) is 12.0 Å². The normalized spacial score (nSPS) is 16.4. The summed E-state index contributed by atoms with van der Waals surface area (Å²) in [5, 5.41) is 2.36. The lowest BCUT2D eigenvalue weighted by atomic mass is 10.1. The monoisotopic (exact) mass is 459 g/mol. The van der Waals surface area contributed by atoms with Crippen LogP contribution in [0.15, 0.2) is 83.9 Å². The minimum absolute atomic E-state index is 0.0955. The molecular formula is C26H25N3O3S. The minimum atomic E-state index is -3.76. The second kappa shape index (κ2) is 8.92. The largest absolute Gasteiger partial charge is 0.340 e. The number of fused-ring (bicyclic) bond motifs is 1. The standard InChI is InChI=1S/C26H25N3O3S/c1-19-6-10-24(11-7-19)33(30,31)32-18-20-13-15-29(17-20)26-27-14-12-25(28-26)23-9-8-21-4-2-3-5-22(21)16-23/h2-12,14,16,20H,13,15,17-18H2,1H3. The van der Waals surface area contributed by atoms with Gasteiger partial charge in [0.05, 0.1) is 17.2 Å². The van der Waals surface area contributed by atoms with Crippen LogP contribution in [0.25, 0.3) is 22.0 Å². The maximum Gasteiger partial charge on any atom is 0.296 e. The molecule has 1 saturated heterocycles. The maximum atomic E-state index is 12.5. The third kappa shape index (κ3) is 4.74. The molecule has 0 bridgehead atoms. The van der Waals surface area contributed by atoms with Gasteiger partial charge in [0.2, 0.25) is 5.95 Å². The second-order valence-electron chi connectivity index (χ2n) is 8.46. The van der Waals surface area contributed by atoms with E-state index in [0.717, 1.165) is 29.8 Å². The molecule has 5 rings (SSSR count). The molecule has 0 amide bonds. The molecule has 1 fully saturated rings. The van der Waals surface area contributed by atoms with Crippen molar-refractivity contribution in [3.05, 3.63) is 84.6 Å². The van der Waals surface area contributed by atoms with Gasteiger partial charge in [-0.3, -0.25) is 4.18 Å². The Morgan fingerprint density at radius 3 is 2.61 bits per heavy atom. The zero-order valence-corrected chi connectivity index (χ0v) is 19.2. The fourth-order valence-corrected chi connectivity index (χ4v) is 5.10. The van der Waals surface area contributed by atoms with Crippen LogP contribution in [0.5, 0.6) is 0 Å². The third-order valence-electron chi connectivity index (χ3n) is 6.03. The van der Waals surface area contributed by atoms with E-state index in [4.69, 9.17) is 9.17 Å². The number of anilines is 1. The Morgan fingerprint density at radius 1 is 1.00 bits per heavy atom. The Labute approximate surface area is 194 Å². The van der Waals surface area contributed by atoms with Crippen LogP contribution in [0.4, 0.5) is 5.95 Å². The highest BCUT2D eigenvalue weighted by molar-refractivity contribution is 7.86. The lowest BCUT2D eigenvalue weighted by Crippen LogP contribution is -2.24. The average molecular weight is 460 g/mol. The van der Waals surface area contributed by atoms with Gasteiger partial charge in [0.15, 0.2) is 0 Å². The molecule has 0 saturated carbocycles. The maximum absolute atomic E-state index is 12.5. The third-order valence-corrected chi connectivity index (χ3v) is 7.32. The highest BCUT2D eigenvalue weighted by atomic mass is 32.2. The first-order valence-corrected chi connectivity index (χ1v) is 12.4.